The summed E-state index contributed by atoms with van der Waals surface area (Å²) in [5.41, 5.74) is 0. The van der Waals surface area contributed by atoms with E-state index in [-0.39, 0.29) is 4.66 Å². The number of nitrogens with zero attached hydrogens (tertiary/aromatic N) is 1. The van der Waals surface area contributed by atoms with Gasteiger partial charge in [0.15, 0.2) is 0 Å². The molecule has 0 bridgehead atoms. The minimum atomic E-state index is -3.12. The van der Waals surface area contributed by atoms with Crippen molar-refractivity contribution in [2.24, 2.45) is 5.92 Å². The van der Waals surface area contributed by atoms with E-state index >= 15 is 0 Å². The number of rotatable bonds is 5. The number of halogens is 1. The van der Waals surface area contributed by atoms with E-state index in [1.54, 1.807) is 0 Å². The van der Waals surface area contributed by atoms with Crippen LogP contribution in [0, 0.1) is 5.92 Å². The Morgan fingerprint density at radius 1 is 1.16 bits per heavy atom. The molecule has 7 heteroatoms. The Hall–Kier alpha value is 0.310. The van der Waals surface area contributed by atoms with Gasteiger partial charge in [-0.15, -0.1) is 0 Å². The molecule has 0 aliphatic carbocycles. The van der Waals surface area contributed by atoms with Gasteiger partial charge in [0.2, 0.25) is 10.0 Å². The average molecular weight is 355 g/mol. The quantitative estimate of drug-likeness (QED) is 0.752. The first-order valence-electron chi connectivity index (χ1n) is 6.96. The molecule has 2 fully saturated rings. The molecule has 0 unspecified atom stereocenters. The molecule has 0 aromatic carbocycles. The van der Waals surface area contributed by atoms with E-state index < -0.39 is 10.0 Å². The number of hydrogen-bond donors (Lipinski definition) is 1. The van der Waals surface area contributed by atoms with E-state index in [9.17, 15) is 8.42 Å². The molecular formula is C12H23BrN2O3S. The molecule has 112 valence electrons. The molecule has 1 N–H and O–H groups in total. The van der Waals surface area contributed by atoms with Crippen molar-refractivity contribution in [1.82, 2.24) is 9.62 Å². The highest BCUT2D eigenvalue weighted by Gasteiger charge is 2.26. The van der Waals surface area contributed by atoms with Crippen molar-refractivity contribution in [2.75, 3.05) is 37.5 Å². The number of hydrogen-bond acceptors (Lipinski definition) is 4. The Morgan fingerprint density at radius 2 is 1.79 bits per heavy atom. The Bertz CT molecular complexity index is 363. The van der Waals surface area contributed by atoms with E-state index in [0.29, 0.717) is 18.5 Å². The second-order valence-electron chi connectivity index (χ2n) is 5.40. The van der Waals surface area contributed by atoms with Crippen LogP contribution in [0.25, 0.3) is 0 Å². The zero-order valence-electron chi connectivity index (χ0n) is 11.2. The highest BCUT2D eigenvalue weighted by Crippen LogP contribution is 2.22. The van der Waals surface area contributed by atoms with Crippen LogP contribution in [0.2, 0.25) is 0 Å². The van der Waals surface area contributed by atoms with Crippen LogP contribution in [0.15, 0.2) is 0 Å². The summed E-state index contributed by atoms with van der Waals surface area (Å²) in [4.78, 5) is 2.55. The van der Waals surface area contributed by atoms with Crippen molar-refractivity contribution in [1.29, 1.82) is 0 Å². The third-order valence-corrected chi connectivity index (χ3v) is 6.79. The van der Waals surface area contributed by atoms with Gasteiger partial charge in [-0.2, -0.15) is 0 Å². The maximum absolute atomic E-state index is 11.4. The molecule has 19 heavy (non-hydrogen) atoms. The van der Waals surface area contributed by atoms with E-state index in [2.05, 4.69) is 25.6 Å². The second-order valence-corrected chi connectivity index (χ2v) is 8.51. The molecule has 2 heterocycles. The number of likely N-dealkylation sites (tertiary alicyclic amines) is 1. The fourth-order valence-electron chi connectivity index (χ4n) is 2.86. The van der Waals surface area contributed by atoms with Gasteiger partial charge in [-0.05, 0) is 44.7 Å². The van der Waals surface area contributed by atoms with Gasteiger partial charge in [-0.1, -0.05) is 15.9 Å². The summed E-state index contributed by atoms with van der Waals surface area (Å²) < 4.78 is 30.8. The lowest BCUT2D eigenvalue weighted by atomic mass is 9.94. The van der Waals surface area contributed by atoms with Gasteiger partial charge in [0.1, 0.15) is 4.66 Å². The van der Waals surface area contributed by atoms with Crippen molar-refractivity contribution in [3.05, 3.63) is 0 Å². The van der Waals surface area contributed by atoms with Crippen LogP contribution < -0.4 is 4.72 Å². The molecule has 2 aliphatic rings. The monoisotopic (exact) mass is 354 g/mol. The van der Waals surface area contributed by atoms with Crippen LogP contribution >= 0.6 is 15.9 Å². The summed E-state index contributed by atoms with van der Waals surface area (Å²) in [6.45, 7) is 4.53. The minimum absolute atomic E-state index is 0.0130. The zero-order chi connectivity index (χ0) is 13.7. The van der Waals surface area contributed by atoms with Crippen LogP contribution in [0.3, 0.4) is 0 Å². The number of nitrogens with one attached hydrogen (secondary N) is 1. The smallest absolute Gasteiger partial charge is 0.221 e. The number of ether oxygens (including phenoxy) is 1. The molecule has 2 rings (SSSR count). The number of alkyl halides is 1. The van der Waals surface area contributed by atoms with Crippen molar-refractivity contribution in [3.8, 4) is 0 Å². The zero-order valence-corrected chi connectivity index (χ0v) is 13.6. The van der Waals surface area contributed by atoms with Crippen LogP contribution in [-0.4, -0.2) is 56.9 Å². The standard InChI is InChI=1S/C12H23BrN2O3S/c13-10-19(16,17)14-9-11-1-5-15(6-2-11)12-3-7-18-8-4-12/h11-12,14H,1-10H2. The first-order valence-corrected chi connectivity index (χ1v) is 9.73. The van der Waals surface area contributed by atoms with Gasteiger partial charge < -0.3 is 9.64 Å². The fraction of sp³-hybridized carbons (Fsp3) is 1.00. The van der Waals surface area contributed by atoms with Gasteiger partial charge in [0.05, 0.1) is 0 Å². The van der Waals surface area contributed by atoms with Gasteiger partial charge >= 0.3 is 0 Å². The highest BCUT2D eigenvalue weighted by atomic mass is 79.9. The molecular weight excluding hydrogens is 332 g/mol. The lowest BCUT2D eigenvalue weighted by Gasteiger charge is -2.39. The third-order valence-electron chi connectivity index (χ3n) is 4.09. The molecule has 0 saturated carbocycles. The highest BCUT2D eigenvalue weighted by molar-refractivity contribution is 9.10. The number of sulfonamides is 1. The Labute approximate surface area is 124 Å². The van der Waals surface area contributed by atoms with Gasteiger partial charge in [0.25, 0.3) is 0 Å². The van der Waals surface area contributed by atoms with E-state index in [4.69, 9.17) is 4.74 Å². The first kappa shape index (κ1) is 15.7. The fourth-order valence-corrected chi connectivity index (χ4v) is 3.91. The molecule has 0 amide bonds. The Balaban J connectivity index is 1.70. The van der Waals surface area contributed by atoms with Crippen molar-refractivity contribution in [2.45, 2.75) is 31.7 Å². The summed E-state index contributed by atoms with van der Waals surface area (Å²) in [7, 11) is -3.12. The van der Waals surface area contributed by atoms with E-state index in [1.807, 2.05) is 0 Å². The van der Waals surface area contributed by atoms with Crippen molar-refractivity contribution < 1.29 is 13.2 Å². The summed E-state index contributed by atoms with van der Waals surface area (Å²) in [5.74, 6) is 0.477. The van der Waals surface area contributed by atoms with Crippen molar-refractivity contribution in [3.63, 3.8) is 0 Å². The topological polar surface area (TPSA) is 58.6 Å². The third kappa shape index (κ3) is 4.97. The molecule has 0 radical (unpaired) electrons. The molecule has 0 spiro atoms. The van der Waals surface area contributed by atoms with Gasteiger partial charge in [0, 0.05) is 25.8 Å². The van der Waals surface area contributed by atoms with Gasteiger partial charge in [-0.25, -0.2) is 13.1 Å². The first-order chi connectivity index (χ1) is 9.11. The summed E-state index contributed by atoms with van der Waals surface area (Å²) in [6, 6.07) is 0.675. The molecule has 0 aromatic rings. The predicted octanol–water partition coefficient (Wildman–Crippen LogP) is 1.15. The summed E-state index contributed by atoms with van der Waals surface area (Å²) in [6.07, 6.45) is 4.45. The summed E-state index contributed by atoms with van der Waals surface area (Å²) >= 11 is 2.99. The average Bonchev–Trinajstić information content (AvgIpc) is 2.47. The van der Waals surface area contributed by atoms with Crippen LogP contribution in [-0.2, 0) is 14.8 Å². The van der Waals surface area contributed by atoms with E-state index in [0.717, 1.165) is 52.0 Å². The minimum Gasteiger partial charge on any atom is -0.381 e. The molecule has 0 atom stereocenters. The second kappa shape index (κ2) is 7.36. The summed E-state index contributed by atoms with van der Waals surface area (Å²) in [5, 5.41) is 0. The lowest BCUT2D eigenvalue weighted by molar-refractivity contribution is 0.0214. The maximum atomic E-state index is 11.4. The van der Waals surface area contributed by atoms with Gasteiger partial charge in [-0.3, -0.25) is 0 Å². The van der Waals surface area contributed by atoms with Crippen LogP contribution in [0.4, 0.5) is 0 Å². The van der Waals surface area contributed by atoms with E-state index in [1.165, 1.54) is 0 Å². The maximum Gasteiger partial charge on any atom is 0.221 e. The van der Waals surface area contributed by atoms with Crippen LogP contribution in [0.1, 0.15) is 25.7 Å². The normalized spacial score (nSPS) is 24.7. The molecule has 2 saturated heterocycles. The molecule has 2 aliphatic heterocycles. The van der Waals surface area contributed by atoms with Crippen LogP contribution in [0.5, 0.6) is 0 Å². The Kier molecular flexibility index (Phi) is 6.08. The van der Waals surface area contributed by atoms with Crippen molar-refractivity contribution >= 4 is 26.0 Å². The number of piperidine rings is 1. The molecule has 0 aromatic heterocycles. The SMILES string of the molecule is O=S(=O)(CBr)NCC1CCN(C2CCOCC2)CC1. The largest absolute Gasteiger partial charge is 0.381 e. The molecule has 5 nitrogen and oxygen atoms in total. The Morgan fingerprint density at radius 3 is 2.37 bits per heavy atom. The predicted molar refractivity (Wildman–Crippen MR) is 78.9 cm³/mol. The lowest BCUT2D eigenvalue weighted by Crippen LogP contribution is -2.45.